The Hall–Kier alpha value is -0.430. The molecule has 3 rings (SSSR count). The molecule has 1 atom stereocenters. The highest BCUT2D eigenvalue weighted by molar-refractivity contribution is 14.0. The van der Waals surface area contributed by atoms with Crippen molar-refractivity contribution in [1.82, 2.24) is 0 Å². The van der Waals surface area contributed by atoms with Gasteiger partial charge in [0.25, 0.3) is 0 Å². The van der Waals surface area contributed by atoms with E-state index in [1.807, 2.05) is 11.8 Å². The molecule has 122 valence electrons. The number of fused-ring (bicyclic) bond motifs is 1. The number of aliphatic imine (C=N–C) groups is 1. The Morgan fingerprint density at radius 3 is 2.91 bits per heavy atom. The van der Waals surface area contributed by atoms with Crippen molar-refractivity contribution >= 4 is 47.4 Å². The monoisotopic (exact) mass is 431 g/mol. The molecule has 0 spiro atoms. The summed E-state index contributed by atoms with van der Waals surface area (Å²) in [7, 11) is 0. The Morgan fingerprint density at radius 2 is 2.14 bits per heavy atom. The van der Waals surface area contributed by atoms with E-state index in [-0.39, 0.29) is 28.7 Å². The number of aryl methyl sites for hydroxylation is 1. The fourth-order valence-corrected chi connectivity index (χ4v) is 4.52. The van der Waals surface area contributed by atoms with Gasteiger partial charge < -0.3 is 11.1 Å². The Kier molecular flexibility index (Phi) is 6.44. The van der Waals surface area contributed by atoms with Crippen LogP contribution in [0.4, 0.5) is 5.69 Å². The zero-order chi connectivity index (χ0) is 14.7. The van der Waals surface area contributed by atoms with Gasteiger partial charge in [-0.2, -0.15) is 11.8 Å². The third-order valence-electron chi connectivity index (χ3n) is 4.54. The van der Waals surface area contributed by atoms with Crippen LogP contribution in [0, 0.1) is 0 Å². The van der Waals surface area contributed by atoms with E-state index in [0.717, 1.165) is 18.7 Å². The lowest BCUT2D eigenvalue weighted by Crippen LogP contribution is -2.28. The van der Waals surface area contributed by atoms with Gasteiger partial charge in [0.2, 0.25) is 0 Å². The molecule has 0 saturated carbocycles. The molecular formula is C17H26IN3S. The van der Waals surface area contributed by atoms with Crippen molar-refractivity contribution in [3.8, 4) is 0 Å². The highest BCUT2D eigenvalue weighted by atomic mass is 127. The van der Waals surface area contributed by atoms with Crippen molar-refractivity contribution in [2.24, 2.45) is 10.7 Å². The molecule has 22 heavy (non-hydrogen) atoms. The largest absolute Gasteiger partial charge is 0.370 e. The second-order valence-corrected chi connectivity index (χ2v) is 8.06. The van der Waals surface area contributed by atoms with Crippen LogP contribution in [-0.2, 0) is 12.8 Å². The van der Waals surface area contributed by atoms with Crippen molar-refractivity contribution in [2.75, 3.05) is 17.6 Å². The third kappa shape index (κ3) is 4.31. The normalized spacial score (nSPS) is 24.5. The lowest BCUT2D eigenvalue weighted by atomic mass is 9.90. The number of nitrogens with zero attached hydrogens (tertiary/aromatic N) is 1. The minimum Gasteiger partial charge on any atom is -0.370 e. The molecule has 5 heteroatoms. The number of nitrogens with two attached hydrogens (primary N) is 1. The lowest BCUT2D eigenvalue weighted by Gasteiger charge is -2.21. The van der Waals surface area contributed by atoms with Gasteiger partial charge in [0, 0.05) is 10.4 Å². The SMILES string of the molecule is CC1(CN=C(N)Nc2cccc3c2CCCC3)CCCS1.I. The molecule has 0 radical (unpaired) electrons. The van der Waals surface area contributed by atoms with Crippen LogP contribution in [-0.4, -0.2) is 23.0 Å². The molecule has 1 heterocycles. The topological polar surface area (TPSA) is 50.4 Å². The average molecular weight is 431 g/mol. The van der Waals surface area contributed by atoms with Crippen LogP contribution in [0.15, 0.2) is 23.2 Å². The van der Waals surface area contributed by atoms with Crippen LogP contribution in [0.1, 0.15) is 43.7 Å². The van der Waals surface area contributed by atoms with E-state index in [1.165, 1.54) is 49.0 Å². The van der Waals surface area contributed by atoms with Gasteiger partial charge in [0.1, 0.15) is 0 Å². The van der Waals surface area contributed by atoms with Gasteiger partial charge in [0.15, 0.2) is 5.96 Å². The first-order chi connectivity index (χ1) is 10.2. The molecule has 1 aromatic carbocycles. The van der Waals surface area contributed by atoms with E-state index in [9.17, 15) is 0 Å². The van der Waals surface area contributed by atoms with Crippen molar-refractivity contribution in [1.29, 1.82) is 0 Å². The summed E-state index contributed by atoms with van der Waals surface area (Å²) in [6.45, 7) is 3.11. The number of guanidine groups is 1. The van der Waals surface area contributed by atoms with E-state index < -0.39 is 0 Å². The van der Waals surface area contributed by atoms with Gasteiger partial charge in [-0.1, -0.05) is 12.1 Å². The van der Waals surface area contributed by atoms with Crippen LogP contribution in [0.2, 0.25) is 0 Å². The van der Waals surface area contributed by atoms with Crippen LogP contribution in [0.5, 0.6) is 0 Å². The third-order valence-corrected chi connectivity index (χ3v) is 6.07. The Morgan fingerprint density at radius 1 is 1.32 bits per heavy atom. The average Bonchev–Trinajstić information content (AvgIpc) is 2.93. The van der Waals surface area contributed by atoms with Crippen molar-refractivity contribution < 1.29 is 0 Å². The zero-order valence-electron chi connectivity index (χ0n) is 13.2. The molecule has 1 aromatic rings. The summed E-state index contributed by atoms with van der Waals surface area (Å²) in [5.74, 6) is 1.81. The maximum absolute atomic E-state index is 6.11. The Bertz CT molecular complexity index is 539. The number of nitrogens with one attached hydrogen (secondary N) is 1. The molecular weight excluding hydrogens is 405 g/mol. The second kappa shape index (κ2) is 7.90. The minimum atomic E-state index is 0. The van der Waals surface area contributed by atoms with E-state index in [1.54, 1.807) is 0 Å². The fraction of sp³-hybridized carbons (Fsp3) is 0.588. The summed E-state index contributed by atoms with van der Waals surface area (Å²) in [5, 5.41) is 3.33. The van der Waals surface area contributed by atoms with Gasteiger partial charge in [-0.3, -0.25) is 4.99 Å². The van der Waals surface area contributed by atoms with Crippen molar-refractivity contribution in [2.45, 2.75) is 50.2 Å². The van der Waals surface area contributed by atoms with E-state index in [2.05, 4.69) is 35.4 Å². The molecule has 3 N–H and O–H groups in total. The molecule has 1 fully saturated rings. The van der Waals surface area contributed by atoms with Crippen molar-refractivity contribution in [3.05, 3.63) is 29.3 Å². The molecule has 1 aliphatic carbocycles. The van der Waals surface area contributed by atoms with Crippen LogP contribution in [0.3, 0.4) is 0 Å². The molecule has 1 saturated heterocycles. The second-order valence-electron chi connectivity index (χ2n) is 6.38. The van der Waals surface area contributed by atoms with E-state index in [0.29, 0.717) is 5.96 Å². The van der Waals surface area contributed by atoms with Crippen LogP contribution in [0.25, 0.3) is 0 Å². The molecule has 3 nitrogen and oxygen atoms in total. The van der Waals surface area contributed by atoms with Gasteiger partial charge >= 0.3 is 0 Å². The van der Waals surface area contributed by atoms with Crippen LogP contribution < -0.4 is 11.1 Å². The highest BCUT2D eigenvalue weighted by Gasteiger charge is 2.29. The summed E-state index contributed by atoms with van der Waals surface area (Å²) in [4.78, 5) is 4.58. The number of benzene rings is 1. The number of anilines is 1. The number of hydrogen-bond donors (Lipinski definition) is 2. The maximum Gasteiger partial charge on any atom is 0.193 e. The van der Waals surface area contributed by atoms with E-state index in [4.69, 9.17) is 5.73 Å². The highest BCUT2D eigenvalue weighted by Crippen LogP contribution is 2.37. The van der Waals surface area contributed by atoms with Crippen LogP contribution >= 0.6 is 35.7 Å². The number of hydrogen-bond acceptors (Lipinski definition) is 2. The van der Waals surface area contributed by atoms with Crippen molar-refractivity contribution in [3.63, 3.8) is 0 Å². The first-order valence-corrected chi connectivity index (χ1v) is 8.97. The van der Waals surface area contributed by atoms with Gasteiger partial charge in [-0.25, -0.2) is 0 Å². The smallest absolute Gasteiger partial charge is 0.193 e. The minimum absolute atomic E-state index is 0. The summed E-state index contributed by atoms with van der Waals surface area (Å²) in [5.41, 5.74) is 10.2. The predicted octanol–water partition coefficient (Wildman–Crippen LogP) is 4.20. The molecule has 0 amide bonds. The van der Waals surface area contributed by atoms with Gasteiger partial charge in [-0.05, 0) is 68.4 Å². The number of halogens is 1. The first kappa shape index (κ1) is 17.9. The van der Waals surface area contributed by atoms with E-state index >= 15 is 0 Å². The first-order valence-electron chi connectivity index (χ1n) is 7.98. The number of thioether (sulfide) groups is 1. The molecule has 0 bridgehead atoms. The molecule has 1 unspecified atom stereocenters. The predicted molar refractivity (Wildman–Crippen MR) is 109 cm³/mol. The van der Waals surface area contributed by atoms with Gasteiger partial charge in [0.05, 0.1) is 6.54 Å². The fourth-order valence-electron chi connectivity index (χ4n) is 3.29. The Labute approximate surface area is 154 Å². The summed E-state index contributed by atoms with van der Waals surface area (Å²) in [6.07, 6.45) is 7.47. The maximum atomic E-state index is 6.11. The number of rotatable bonds is 3. The van der Waals surface area contributed by atoms with Gasteiger partial charge in [-0.15, -0.1) is 24.0 Å². The quantitative estimate of drug-likeness (QED) is 0.429. The molecule has 1 aliphatic heterocycles. The summed E-state index contributed by atoms with van der Waals surface area (Å²) >= 11 is 2.03. The molecule has 2 aliphatic rings. The summed E-state index contributed by atoms with van der Waals surface area (Å²) < 4.78 is 0.280. The molecule has 0 aromatic heterocycles. The zero-order valence-corrected chi connectivity index (χ0v) is 16.4. The lowest BCUT2D eigenvalue weighted by molar-refractivity contribution is 0.619. The Balaban J connectivity index is 0.00000176. The standard InChI is InChI=1S/C17H25N3S.HI/c1-17(10-5-11-21-17)12-19-16(18)20-15-9-4-7-13-6-2-3-8-14(13)15;/h4,7,9H,2-3,5-6,8,10-12H2,1H3,(H3,18,19,20);1H. The summed E-state index contributed by atoms with van der Waals surface area (Å²) in [6, 6.07) is 6.48.